The Balaban J connectivity index is 2.02. The first-order valence-electron chi connectivity index (χ1n) is 5.60. The number of aldehydes is 1. The van der Waals surface area contributed by atoms with Crippen molar-refractivity contribution in [3.05, 3.63) is 56.2 Å². The van der Waals surface area contributed by atoms with Crippen LogP contribution in [0.2, 0.25) is 5.02 Å². The van der Waals surface area contributed by atoms with Crippen molar-refractivity contribution in [3.8, 4) is 0 Å². The maximum Gasteiger partial charge on any atom is 0.160 e. The number of rotatable bonds is 2. The highest BCUT2D eigenvalue weighted by atomic mass is 35.5. The molecule has 2 aromatic rings. The molecular formula is C14H11ClOS. The molecule has 0 radical (unpaired) electrons. The van der Waals surface area contributed by atoms with Gasteiger partial charge in [0.15, 0.2) is 6.29 Å². The molecule has 0 N–H and O–H groups in total. The Kier molecular flexibility index (Phi) is 2.77. The first kappa shape index (κ1) is 11.0. The number of carbonyl (C=O) groups is 1. The van der Waals surface area contributed by atoms with Crippen molar-refractivity contribution in [2.75, 3.05) is 0 Å². The van der Waals surface area contributed by atoms with Crippen molar-refractivity contribution in [2.45, 2.75) is 18.8 Å². The summed E-state index contributed by atoms with van der Waals surface area (Å²) in [7, 11) is 0. The fraction of sp³-hybridized carbons (Fsp3) is 0.214. The Morgan fingerprint density at radius 1 is 1.35 bits per heavy atom. The number of aryl methyl sites for hydroxylation is 1. The van der Waals surface area contributed by atoms with Gasteiger partial charge < -0.3 is 0 Å². The van der Waals surface area contributed by atoms with Crippen LogP contribution < -0.4 is 0 Å². The highest BCUT2D eigenvalue weighted by molar-refractivity contribution is 7.11. The lowest BCUT2D eigenvalue weighted by Gasteiger charge is -2.09. The maximum absolute atomic E-state index is 10.7. The van der Waals surface area contributed by atoms with Gasteiger partial charge >= 0.3 is 0 Å². The molecule has 17 heavy (non-hydrogen) atoms. The third-order valence-electron chi connectivity index (χ3n) is 3.34. The topological polar surface area (TPSA) is 17.1 Å². The molecule has 0 saturated carbocycles. The van der Waals surface area contributed by atoms with E-state index >= 15 is 0 Å². The smallest absolute Gasteiger partial charge is 0.160 e. The molecule has 1 atom stereocenters. The van der Waals surface area contributed by atoms with Crippen molar-refractivity contribution >= 4 is 29.2 Å². The van der Waals surface area contributed by atoms with E-state index in [0.29, 0.717) is 5.92 Å². The molecule has 0 bridgehead atoms. The molecule has 1 heterocycles. The minimum absolute atomic E-state index is 0.411. The van der Waals surface area contributed by atoms with Crippen LogP contribution in [0.25, 0.3) is 0 Å². The van der Waals surface area contributed by atoms with Crippen LogP contribution in [0.1, 0.15) is 38.7 Å². The van der Waals surface area contributed by atoms with E-state index in [1.54, 1.807) is 0 Å². The number of fused-ring (bicyclic) bond motifs is 1. The van der Waals surface area contributed by atoms with Crippen LogP contribution in [0.3, 0.4) is 0 Å². The van der Waals surface area contributed by atoms with Gasteiger partial charge in [-0.05, 0) is 53.1 Å². The molecule has 0 spiro atoms. The lowest BCUT2D eigenvalue weighted by molar-refractivity contribution is 0.112. The molecule has 1 aliphatic rings. The minimum Gasteiger partial charge on any atom is -0.297 e. The van der Waals surface area contributed by atoms with Gasteiger partial charge in [-0.25, -0.2) is 0 Å². The fourth-order valence-electron chi connectivity index (χ4n) is 2.53. The molecule has 1 aliphatic carbocycles. The molecule has 0 aliphatic heterocycles. The van der Waals surface area contributed by atoms with Crippen LogP contribution in [-0.4, -0.2) is 6.29 Å². The zero-order valence-corrected chi connectivity index (χ0v) is 10.7. The van der Waals surface area contributed by atoms with E-state index in [2.05, 4.69) is 17.5 Å². The Labute approximate surface area is 109 Å². The number of hydrogen-bond acceptors (Lipinski definition) is 2. The summed E-state index contributed by atoms with van der Waals surface area (Å²) < 4.78 is 0. The molecule has 1 aromatic carbocycles. The van der Waals surface area contributed by atoms with Crippen molar-refractivity contribution in [3.63, 3.8) is 0 Å². The summed E-state index contributed by atoms with van der Waals surface area (Å²) in [5, 5.41) is 2.88. The van der Waals surface area contributed by atoms with Crippen LogP contribution in [0.15, 0.2) is 29.6 Å². The summed E-state index contributed by atoms with van der Waals surface area (Å²) >= 11 is 7.57. The standard InChI is InChI=1S/C14H11ClOS/c15-11-3-1-9-2-4-13(14(9)6-11)10-5-12(7-16)17-8-10/h1,3,5-8,13H,2,4H2. The van der Waals surface area contributed by atoms with Gasteiger partial charge in [0.05, 0.1) is 4.88 Å². The molecule has 3 heteroatoms. The van der Waals surface area contributed by atoms with Crippen molar-refractivity contribution in [2.24, 2.45) is 0 Å². The monoisotopic (exact) mass is 262 g/mol. The normalized spacial score (nSPS) is 18.1. The molecule has 0 saturated heterocycles. The zero-order chi connectivity index (χ0) is 11.8. The van der Waals surface area contributed by atoms with Gasteiger partial charge in [-0.3, -0.25) is 4.79 Å². The van der Waals surface area contributed by atoms with Gasteiger partial charge in [-0.1, -0.05) is 17.7 Å². The van der Waals surface area contributed by atoms with Gasteiger partial charge in [-0.15, -0.1) is 11.3 Å². The minimum atomic E-state index is 0.411. The average Bonchev–Trinajstić information content (AvgIpc) is 2.93. The maximum atomic E-state index is 10.7. The predicted octanol–water partition coefficient (Wildman–Crippen LogP) is 4.29. The van der Waals surface area contributed by atoms with E-state index in [1.807, 2.05) is 12.1 Å². The second-order valence-corrected chi connectivity index (χ2v) is 5.71. The van der Waals surface area contributed by atoms with Crippen LogP contribution >= 0.6 is 22.9 Å². The zero-order valence-electron chi connectivity index (χ0n) is 9.15. The quantitative estimate of drug-likeness (QED) is 0.738. The summed E-state index contributed by atoms with van der Waals surface area (Å²) in [6.07, 6.45) is 3.14. The predicted molar refractivity (Wildman–Crippen MR) is 71.3 cm³/mol. The average molecular weight is 263 g/mol. The molecule has 86 valence electrons. The van der Waals surface area contributed by atoms with Crippen molar-refractivity contribution in [1.82, 2.24) is 0 Å². The molecule has 1 aromatic heterocycles. The van der Waals surface area contributed by atoms with Crippen LogP contribution in [0.4, 0.5) is 0 Å². The van der Waals surface area contributed by atoms with Crippen LogP contribution in [0, 0.1) is 0 Å². The number of halogens is 1. The van der Waals surface area contributed by atoms with Crippen LogP contribution in [-0.2, 0) is 6.42 Å². The summed E-state index contributed by atoms with van der Waals surface area (Å²) in [5.74, 6) is 0.411. The Bertz CT molecular complexity index is 573. The van der Waals surface area contributed by atoms with E-state index in [0.717, 1.165) is 29.0 Å². The van der Waals surface area contributed by atoms with E-state index in [9.17, 15) is 4.79 Å². The number of hydrogen-bond donors (Lipinski definition) is 0. The van der Waals surface area contributed by atoms with E-state index in [-0.39, 0.29) is 0 Å². The van der Waals surface area contributed by atoms with E-state index in [4.69, 9.17) is 11.6 Å². The first-order valence-corrected chi connectivity index (χ1v) is 6.85. The Morgan fingerprint density at radius 2 is 2.24 bits per heavy atom. The molecular weight excluding hydrogens is 252 g/mol. The summed E-state index contributed by atoms with van der Waals surface area (Å²) in [5.41, 5.74) is 3.96. The van der Waals surface area contributed by atoms with Gasteiger partial charge in [0.25, 0.3) is 0 Å². The van der Waals surface area contributed by atoms with Gasteiger partial charge in [-0.2, -0.15) is 0 Å². The second-order valence-electron chi connectivity index (χ2n) is 4.33. The number of carbonyl (C=O) groups excluding carboxylic acids is 1. The largest absolute Gasteiger partial charge is 0.297 e. The summed E-state index contributed by atoms with van der Waals surface area (Å²) in [6, 6.07) is 8.13. The fourth-order valence-corrected chi connectivity index (χ4v) is 3.48. The van der Waals surface area contributed by atoms with E-state index < -0.39 is 0 Å². The van der Waals surface area contributed by atoms with E-state index in [1.165, 1.54) is 28.0 Å². The molecule has 0 fully saturated rings. The Hall–Kier alpha value is -1.12. The second kappa shape index (κ2) is 4.28. The van der Waals surface area contributed by atoms with Gasteiger partial charge in [0, 0.05) is 10.9 Å². The summed E-state index contributed by atoms with van der Waals surface area (Å²) in [6.45, 7) is 0. The lowest BCUT2D eigenvalue weighted by Crippen LogP contribution is -1.93. The summed E-state index contributed by atoms with van der Waals surface area (Å²) in [4.78, 5) is 11.5. The third kappa shape index (κ3) is 1.92. The van der Waals surface area contributed by atoms with Gasteiger partial charge in [0.1, 0.15) is 0 Å². The first-order chi connectivity index (χ1) is 8.28. The Morgan fingerprint density at radius 3 is 3.00 bits per heavy atom. The molecule has 1 nitrogen and oxygen atoms in total. The molecule has 3 rings (SSSR count). The lowest BCUT2D eigenvalue weighted by atomic mass is 9.95. The van der Waals surface area contributed by atoms with Gasteiger partial charge in [0.2, 0.25) is 0 Å². The SMILES string of the molecule is O=Cc1cc(C2CCc3ccc(Cl)cc32)cs1. The van der Waals surface area contributed by atoms with Crippen molar-refractivity contribution in [1.29, 1.82) is 0 Å². The highest BCUT2D eigenvalue weighted by Gasteiger charge is 2.24. The molecule has 0 amide bonds. The number of benzene rings is 1. The molecule has 1 unspecified atom stereocenters. The number of thiophene rings is 1. The third-order valence-corrected chi connectivity index (χ3v) is 4.46. The van der Waals surface area contributed by atoms with Crippen LogP contribution in [0.5, 0.6) is 0 Å². The highest BCUT2D eigenvalue weighted by Crippen LogP contribution is 2.40. The van der Waals surface area contributed by atoms with Crippen molar-refractivity contribution < 1.29 is 4.79 Å².